The molecule has 1 aliphatic rings. The van der Waals surface area contributed by atoms with Gasteiger partial charge < -0.3 is 20.6 Å². The van der Waals surface area contributed by atoms with Crippen molar-refractivity contribution < 1.29 is 23.1 Å². The van der Waals surface area contributed by atoms with Gasteiger partial charge >= 0.3 is 5.97 Å². The minimum absolute atomic E-state index is 0.0299. The molecule has 5 N–H and O–H groups in total. The van der Waals surface area contributed by atoms with Crippen LogP contribution in [-0.4, -0.2) is 48.5 Å². The molecule has 0 saturated heterocycles. The quantitative estimate of drug-likeness (QED) is 0.206. The van der Waals surface area contributed by atoms with Crippen molar-refractivity contribution >= 4 is 27.4 Å². The third kappa shape index (κ3) is 6.38. The summed E-state index contributed by atoms with van der Waals surface area (Å²) in [6, 6.07) is 12.4. The van der Waals surface area contributed by atoms with E-state index in [2.05, 4.69) is 4.98 Å². The number of hydrogen-bond acceptors (Lipinski definition) is 8. The number of carboxylic acids is 1. The summed E-state index contributed by atoms with van der Waals surface area (Å²) in [5, 5.41) is 11.3. The number of aryl methyl sites for hydroxylation is 1. The molecule has 1 aromatic heterocycles. The van der Waals surface area contributed by atoms with Gasteiger partial charge in [0.05, 0.1) is 17.8 Å². The van der Waals surface area contributed by atoms with E-state index in [4.69, 9.17) is 16.3 Å². The molecule has 1 aliphatic heterocycles. The van der Waals surface area contributed by atoms with E-state index < -0.39 is 21.9 Å². The van der Waals surface area contributed by atoms with Gasteiger partial charge in [-0.2, -0.15) is 4.31 Å². The fourth-order valence-corrected chi connectivity index (χ4v) is 6.21. The summed E-state index contributed by atoms with van der Waals surface area (Å²) in [7, 11) is -3.85. The number of hydrogen-bond donors (Lipinski definition) is 3. The number of pyridine rings is 1. The number of ether oxygens (including phenoxy) is 1. The molecule has 40 heavy (non-hydrogen) atoms. The van der Waals surface area contributed by atoms with Crippen molar-refractivity contribution in [3.8, 4) is 5.88 Å². The summed E-state index contributed by atoms with van der Waals surface area (Å²) in [5.41, 5.74) is 11.5. The highest BCUT2D eigenvalue weighted by Crippen LogP contribution is 2.37. The molecule has 11 heteroatoms. The topological polar surface area (TPSA) is 152 Å². The Bertz CT molecular complexity index is 1460. The Kier molecular flexibility index (Phi) is 10.1. The predicted molar refractivity (Wildman–Crippen MR) is 157 cm³/mol. The number of benzene rings is 2. The normalized spacial score (nSPS) is 15.1. The molecule has 216 valence electrons. The van der Waals surface area contributed by atoms with Crippen LogP contribution in [0, 0.1) is 13.8 Å². The number of anilines is 2. The average molecular weight is 570 g/mol. The highest BCUT2D eigenvalue weighted by atomic mass is 32.2. The van der Waals surface area contributed by atoms with E-state index in [1.54, 1.807) is 17.1 Å². The van der Waals surface area contributed by atoms with Gasteiger partial charge in [-0.15, -0.1) is 0 Å². The van der Waals surface area contributed by atoms with E-state index in [1.807, 2.05) is 58.9 Å². The van der Waals surface area contributed by atoms with Crippen LogP contribution in [0.15, 0.2) is 53.6 Å². The predicted octanol–water partition coefficient (Wildman–Crippen LogP) is 4.20. The van der Waals surface area contributed by atoms with E-state index in [9.17, 15) is 18.3 Å². The summed E-state index contributed by atoms with van der Waals surface area (Å²) >= 11 is 0. The largest absolute Gasteiger partial charge is 0.481 e. The van der Waals surface area contributed by atoms with Crippen LogP contribution in [0.5, 0.6) is 5.88 Å². The van der Waals surface area contributed by atoms with Gasteiger partial charge in [-0.05, 0) is 66.8 Å². The lowest BCUT2D eigenvalue weighted by molar-refractivity contribution is -0.137. The van der Waals surface area contributed by atoms with Crippen molar-refractivity contribution in [3.05, 3.63) is 76.5 Å². The number of nitrogen functional groups attached to an aromatic ring is 1. The van der Waals surface area contributed by atoms with Gasteiger partial charge in [-0.25, -0.2) is 19.2 Å². The highest BCUT2D eigenvalue weighted by Gasteiger charge is 2.32. The van der Waals surface area contributed by atoms with Crippen LogP contribution >= 0.6 is 0 Å². The number of carboxylic acid groups (broad SMARTS) is 1. The maximum Gasteiger partial charge on any atom is 0.304 e. The Morgan fingerprint density at radius 3 is 2.60 bits per heavy atom. The second-order valence-electron chi connectivity index (χ2n) is 9.33. The number of carbonyl (C=O) groups is 1. The summed E-state index contributed by atoms with van der Waals surface area (Å²) in [6.07, 6.45) is 1.34. The maximum absolute atomic E-state index is 13.4. The lowest BCUT2D eigenvalue weighted by atomic mass is 9.84. The van der Waals surface area contributed by atoms with E-state index in [-0.39, 0.29) is 36.9 Å². The van der Waals surface area contributed by atoms with Gasteiger partial charge in [-0.1, -0.05) is 38.1 Å². The third-order valence-electron chi connectivity index (χ3n) is 6.99. The molecule has 1 atom stereocenters. The molecule has 0 amide bonds. The van der Waals surface area contributed by atoms with Crippen molar-refractivity contribution in [1.29, 1.82) is 0 Å². The molecule has 0 aliphatic carbocycles. The fourth-order valence-electron chi connectivity index (χ4n) is 4.73. The molecule has 0 radical (unpaired) electrons. The number of fused-ring (bicyclic) bond motifs is 1. The molecule has 3 aromatic rings. The van der Waals surface area contributed by atoms with Crippen LogP contribution < -0.4 is 21.3 Å². The third-order valence-corrected chi connectivity index (χ3v) is 8.85. The Labute approximate surface area is 236 Å². The first-order chi connectivity index (χ1) is 19.0. The zero-order valence-corrected chi connectivity index (χ0v) is 24.5. The molecule has 2 aromatic carbocycles. The van der Waals surface area contributed by atoms with Gasteiger partial charge in [0.2, 0.25) is 15.9 Å². The first kappa shape index (κ1) is 30.9. The van der Waals surface area contributed by atoms with Gasteiger partial charge in [-0.3, -0.25) is 4.79 Å². The van der Waals surface area contributed by atoms with Crippen LogP contribution in [0.1, 0.15) is 60.9 Å². The fraction of sp³-hybridized carbons (Fsp3) is 0.379. The standard InChI is InChI=1S/C27H33N5O5S.C2H6/c1-4-32(29)23-10-9-21(18(3)26(23)28)22(15-25(33)34)19-8-7-17(2)20(14-19)16-31-12-13-37-27-24(38(31,35)36)6-5-11-30-27;1-2/h5-11,14,22H,4,12-13,15-16,28-29H2,1-3H3,(H,33,34);1-2H3. The van der Waals surface area contributed by atoms with Crippen molar-refractivity contribution in [2.24, 2.45) is 5.84 Å². The number of nitrogens with two attached hydrogens (primary N) is 2. The van der Waals surface area contributed by atoms with Gasteiger partial charge in [0.1, 0.15) is 11.5 Å². The molecule has 0 saturated carbocycles. The van der Waals surface area contributed by atoms with Crippen LogP contribution in [0.4, 0.5) is 11.4 Å². The van der Waals surface area contributed by atoms with E-state index in [1.165, 1.54) is 16.6 Å². The van der Waals surface area contributed by atoms with Crippen molar-refractivity contribution in [3.63, 3.8) is 0 Å². The number of aliphatic carboxylic acids is 1. The Hall–Kier alpha value is -3.67. The summed E-state index contributed by atoms with van der Waals surface area (Å²) < 4.78 is 33.8. The average Bonchev–Trinajstić information content (AvgIpc) is 3.06. The molecule has 0 spiro atoms. The number of nitrogens with zero attached hydrogens (tertiary/aromatic N) is 3. The molecular weight excluding hydrogens is 530 g/mol. The summed E-state index contributed by atoms with van der Waals surface area (Å²) in [5.74, 6) is 4.71. The Morgan fingerprint density at radius 2 is 1.93 bits per heavy atom. The number of hydrazine groups is 1. The van der Waals surface area contributed by atoms with Gasteiger partial charge in [0.15, 0.2) is 0 Å². The van der Waals surface area contributed by atoms with Crippen LogP contribution in [0.25, 0.3) is 0 Å². The van der Waals surface area contributed by atoms with Crippen LogP contribution in [-0.2, 0) is 21.4 Å². The van der Waals surface area contributed by atoms with Gasteiger partial charge in [0.25, 0.3) is 0 Å². The van der Waals surface area contributed by atoms with E-state index in [0.29, 0.717) is 17.9 Å². The zero-order valence-electron chi connectivity index (χ0n) is 23.7. The molecule has 10 nitrogen and oxygen atoms in total. The smallest absolute Gasteiger partial charge is 0.304 e. The summed E-state index contributed by atoms with van der Waals surface area (Å²) in [4.78, 5) is 16.0. The number of rotatable bonds is 8. The van der Waals surface area contributed by atoms with Crippen LogP contribution in [0.2, 0.25) is 0 Å². The molecule has 4 rings (SSSR count). The molecular formula is C29H39N5O5S. The SMILES string of the molecule is CC.CCN(N)c1ccc(C(CC(=O)O)c2ccc(C)c(CN3CCOc4ncccc4S3(=O)=O)c2)c(C)c1N. The molecule has 1 unspecified atom stereocenters. The minimum atomic E-state index is -3.85. The molecule has 0 fully saturated rings. The van der Waals surface area contributed by atoms with Crippen LogP contribution in [0.3, 0.4) is 0 Å². The second kappa shape index (κ2) is 13.1. The first-order valence-electron chi connectivity index (χ1n) is 13.3. The van der Waals surface area contributed by atoms with Gasteiger partial charge in [0, 0.05) is 31.7 Å². The van der Waals surface area contributed by atoms with E-state index in [0.717, 1.165) is 27.8 Å². The maximum atomic E-state index is 13.4. The van der Waals surface area contributed by atoms with E-state index >= 15 is 0 Å². The monoisotopic (exact) mass is 569 g/mol. The zero-order chi connectivity index (χ0) is 29.6. The Balaban J connectivity index is 0.00000216. The Morgan fingerprint density at radius 1 is 1.20 bits per heavy atom. The lowest BCUT2D eigenvalue weighted by Gasteiger charge is -2.25. The minimum Gasteiger partial charge on any atom is -0.481 e. The second-order valence-corrected chi connectivity index (χ2v) is 11.2. The highest BCUT2D eigenvalue weighted by molar-refractivity contribution is 7.89. The van der Waals surface area contributed by atoms with Crippen molar-refractivity contribution in [1.82, 2.24) is 9.29 Å². The number of aromatic nitrogens is 1. The van der Waals surface area contributed by atoms with Crippen molar-refractivity contribution in [2.75, 3.05) is 30.4 Å². The molecule has 2 heterocycles. The number of sulfonamides is 1. The first-order valence-corrected chi connectivity index (χ1v) is 14.8. The lowest BCUT2D eigenvalue weighted by Crippen LogP contribution is -2.32. The summed E-state index contributed by atoms with van der Waals surface area (Å²) in [6.45, 7) is 10.7. The van der Waals surface area contributed by atoms with Crippen molar-refractivity contribution in [2.45, 2.75) is 58.4 Å². The molecule has 0 bridgehead atoms.